The molecule has 1 aliphatic heterocycles. The van der Waals surface area contributed by atoms with E-state index in [1.165, 1.54) is 41.0 Å². The standard InChI is InChI=1S/C25H38N3O.2BrH/c1-20(29-28-24(2,3)15-8-16-25(28,4)5)22-13-17-27(18-14-22)19-21-9-11-23(12-10-21)26(6)7;;/h9-14,17-18,20H,8,15-16,19H2,1-7H3;2*1H/q+1;;/p-1. The molecule has 0 amide bonds. The first-order valence-corrected chi connectivity index (χ1v) is 10.9. The van der Waals surface area contributed by atoms with E-state index in [1.807, 2.05) is 0 Å². The van der Waals surface area contributed by atoms with Crippen LogP contribution in [0, 0.1) is 0 Å². The van der Waals surface area contributed by atoms with Crippen LogP contribution in [0.1, 0.15) is 71.1 Å². The minimum Gasteiger partial charge on any atom is -1.00 e. The summed E-state index contributed by atoms with van der Waals surface area (Å²) >= 11 is 0. The Morgan fingerprint density at radius 3 is 1.94 bits per heavy atom. The van der Waals surface area contributed by atoms with Crippen molar-refractivity contribution in [1.29, 1.82) is 0 Å². The number of pyridine rings is 1. The number of hydrogen-bond donors (Lipinski definition) is 1. The molecule has 6 heteroatoms. The first-order valence-electron chi connectivity index (χ1n) is 10.9. The van der Waals surface area contributed by atoms with E-state index in [0.29, 0.717) is 0 Å². The molecule has 3 rings (SSSR count). The van der Waals surface area contributed by atoms with Gasteiger partial charge in [0.1, 0.15) is 11.8 Å². The van der Waals surface area contributed by atoms with Crippen molar-refractivity contribution in [1.82, 2.24) is 5.06 Å². The van der Waals surface area contributed by atoms with E-state index < -0.39 is 0 Å². The van der Waals surface area contributed by atoms with E-state index in [0.717, 1.165) is 6.54 Å². The summed E-state index contributed by atoms with van der Waals surface area (Å²) in [6.07, 6.45) is 7.96. The Balaban J connectivity index is 0.00000240. The van der Waals surface area contributed by atoms with Crippen molar-refractivity contribution in [3.8, 4) is 0 Å². The van der Waals surface area contributed by atoms with Crippen LogP contribution >= 0.6 is 0 Å². The van der Waals surface area contributed by atoms with Gasteiger partial charge < -0.3 is 38.9 Å². The number of nitrogens with one attached hydrogen (secondary N) is 1. The highest BCUT2D eigenvalue weighted by atomic mass is 79.9. The van der Waals surface area contributed by atoms with Crippen LogP contribution in [0.4, 0.5) is 5.69 Å². The molecule has 1 fully saturated rings. The smallest absolute Gasteiger partial charge is 0.173 e. The molecule has 0 radical (unpaired) electrons. The number of benzene rings is 1. The monoisotopic (exact) mass is 555 g/mol. The predicted octanol–water partition coefficient (Wildman–Crippen LogP) is -2.16. The maximum Gasteiger partial charge on any atom is 0.173 e. The highest BCUT2D eigenvalue weighted by molar-refractivity contribution is 5.32. The summed E-state index contributed by atoms with van der Waals surface area (Å²) in [7, 11) is 4.30. The first kappa shape index (κ1) is 28.2. The fourth-order valence-electron chi connectivity index (χ4n) is 4.48. The lowest BCUT2D eigenvalue weighted by atomic mass is 9.82. The summed E-state index contributed by atoms with van der Waals surface area (Å²) < 4.78 is 2.22. The van der Waals surface area contributed by atoms with Crippen LogP contribution in [0.15, 0.2) is 48.8 Å². The molecule has 174 valence electrons. The summed E-state index contributed by atoms with van der Waals surface area (Å²) in [5.41, 5.74) is 3.96. The molecular formula is C25H39Br2N3O. The Labute approximate surface area is 210 Å². The molecule has 1 unspecified atom stereocenters. The second-order valence-corrected chi connectivity index (χ2v) is 10.0. The van der Waals surface area contributed by atoms with Gasteiger partial charge in [-0.3, -0.25) is 4.84 Å². The van der Waals surface area contributed by atoms with Gasteiger partial charge in [0.25, 0.3) is 0 Å². The van der Waals surface area contributed by atoms with Crippen LogP contribution in [-0.2, 0) is 11.4 Å². The van der Waals surface area contributed by atoms with E-state index in [-0.39, 0.29) is 51.1 Å². The third-order valence-corrected chi connectivity index (χ3v) is 6.22. The summed E-state index contributed by atoms with van der Waals surface area (Å²) in [5, 5.41) is 2.25. The fraction of sp³-hybridized carbons (Fsp3) is 0.560. The van der Waals surface area contributed by atoms with Gasteiger partial charge in [-0.15, -0.1) is 0 Å². The number of piperidine rings is 1. The molecule has 31 heavy (non-hydrogen) atoms. The highest BCUT2D eigenvalue weighted by Crippen LogP contribution is 2.40. The number of halogens is 2. The van der Waals surface area contributed by atoms with Gasteiger partial charge in [0.2, 0.25) is 0 Å². The van der Waals surface area contributed by atoms with Gasteiger partial charge in [0, 0.05) is 28.8 Å². The summed E-state index contributed by atoms with van der Waals surface area (Å²) in [5.74, 6) is 0. The van der Waals surface area contributed by atoms with Crippen LogP contribution < -0.4 is 43.4 Å². The van der Waals surface area contributed by atoms with Gasteiger partial charge in [-0.2, -0.15) is 5.06 Å². The van der Waals surface area contributed by atoms with Gasteiger partial charge >= 0.3 is 0 Å². The minimum absolute atomic E-state index is 0. The Morgan fingerprint density at radius 1 is 0.935 bits per heavy atom. The first-order chi connectivity index (χ1) is 13.6. The summed E-state index contributed by atoms with van der Waals surface area (Å²) in [4.78, 5) is 7.87. The van der Waals surface area contributed by atoms with E-state index in [2.05, 4.69) is 107 Å². The van der Waals surface area contributed by atoms with E-state index >= 15 is 0 Å². The van der Waals surface area contributed by atoms with Crippen molar-refractivity contribution in [2.45, 2.75) is 77.6 Å². The van der Waals surface area contributed by atoms with Crippen molar-refractivity contribution < 1.29 is 48.3 Å². The highest BCUT2D eigenvalue weighted by Gasteiger charge is 2.43. The number of quaternary nitrogens is 1. The molecule has 2 aromatic rings. The molecule has 1 atom stereocenters. The van der Waals surface area contributed by atoms with Gasteiger partial charge in [0.05, 0.1) is 14.1 Å². The molecule has 0 saturated carbocycles. The number of aromatic nitrogens is 1. The van der Waals surface area contributed by atoms with Crippen molar-refractivity contribution in [3.63, 3.8) is 0 Å². The molecule has 1 aliphatic rings. The summed E-state index contributed by atoms with van der Waals surface area (Å²) in [6.45, 7) is 12.2. The number of hydroxylamine groups is 2. The average Bonchev–Trinajstić information content (AvgIpc) is 2.65. The topological polar surface area (TPSA) is 20.8 Å². The largest absolute Gasteiger partial charge is 1.00 e. The van der Waals surface area contributed by atoms with Gasteiger partial charge in [-0.25, -0.2) is 4.57 Å². The average molecular weight is 557 g/mol. The normalized spacial score (nSPS) is 18.7. The quantitative estimate of drug-likeness (QED) is 0.409. The second-order valence-electron chi connectivity index (χ2n) is 10.0. The molecule has 0 spiro atoms. The fourth-order valence-corrected chi connectivity index (χ4v) is 4.48. The molecule has 0 aliphatic carbocycles. The molecule has 1 N–H and O–H groups in total. The van der Waals surface area contributed by atoms with Crippen LogP contribution in [0.2, 0.25) is 0 Å². The van der Waals surface area contributed by atoms with Crippen LogP contribution in [0.5, 0.6) is 0 Å². The third-order valence-electron chi connectivity index (χ3n) is 6.22. The number of rotatable bonds is 6. The molecule has 1 saturated heterocycles. The van der Waals surface area contributed by atoms with Crippen molar-refractivity contribution in [3.05, 3.63) is 59.9 Å². The lowest BCUT2D eigenvalue weighted by molar-refractivity contribution is -0.786. The maximum absolute atomic E-state index is 6.52. The van der Waals surface area contributed by atoms with Crippen molar-refractivity contribution in [2.75, 3.05) is 14.1 Å². The Bertz CT molecular complexity index is 789. The lowest BCUT2D eigenvalue weighted by Gasteiger charge is -2.52. The Morgan fingerprint density at radius 2 is 1.45 bits per heavy atom. The molecule has 1 aromatic heterocycles. The molecule has 2 heterocycles. The second kappa shape index (κ2) is 11.4. The number of hydrogen-bond acceptors (Lipinski definition) is 2. The van der Waals surface area contributed by atoms with E-state index in [4.69, 9.17) is 4.84 Å². The lowest BCUT2D eigenvalue weighted by Crippen LogP contribution is -3.00. The maximum atomic E-state index is 6.52. The van der Waals surface area contributed by atoms with Gasteiger partial charge in [0.15, 0.2) is 18.9 Å². The zero-order valence-electron chi connectivity index (χ0n) is 20.1. The van der Waals surface area contributed by atoms with Crippen LogP contribution in [0.3, 0.4) is 0 Å². The van der Waals surface area contributed by atoms with Gasteiger partial charge in [-0.05, 0) is 83.7 Å². The minimum atomic E-state index is 0. The van der Waals surface area contributed by atoms with Crippen LogP contribution in [0.25, 0.3) is 0 Å². The molecule has 4 nitrogen and oxygen atoms in total. The van der Waals surface area contributed by atoms with E-state index in [9.17, 15) is 0 Å². The van der Waals surface area contributed by atoms with E-state index in [1.54, 1.807) is 0 Å². The molecule has 1 aromatic carbocycles. The van der Waals surface area contributed by atoms with Crippen LogP contribution in [-0.4, -0.2) is 30.2 Å². The number of nitrogens with zero attached hydrogens (tertiary/aromatic N) is 2. The third kappa shape index (κ3) is 7.10. The Kier molecular flexibility index (Phi) is 10.4. The Hall–Kier alpha value is -0.790. The van der Waals surface area contributed by atoms with Gasteiger partial charge in [-0.1, -0.05) is 0 Å². The molecule has 0 bridgehead atoms. The summed E-state index contributed by atoms with van der Waals surface area (Å²) in [6, 6.07) is 13.2. The SMILES string of the molecule is CC(ON1C(C)(C)CCCC1(C)C)c1cc[n+](Cc2ccc([NH+](C)C)cc2)cc1.[Br-].[Br-]. The zero-order valence-corrected chi connectivity index (χ0v) is 23.3. The van der Waals surface area contributed by atoms with Crippen molar-refractivity contribution in [2.24, 2.45) is 0 Å². The predicted molar refractivity (Wildman–Crippen MR) is 118 cm³/mol. The zero-order chi connectivity index (χ0) is 21.2. The van der Waals surface area contributed by atoms with Crippen molar-refractivity contribution >= 4 is 5.69 Å². The molecular weight excluding hydrogens is 518 g/mol.